The summed E-state index contributed by atoms with van der Waals surface area (Å²) < 4.78 is 6.01. The van der Waals surface area contributed by atoms with Gasteiger partial charge in [-0.05, 0) is 47.7 Å². The van der Waals surface area contributed by atoms with Gasteiger partial charge in [-0.15, -0.1) is 0 Å². The van der Waals surface area contributed by atoms with Crippen LogP contribution in [0.5, 0.6) is 0 Å². The van der Waals surface area contributed by atoms with E-state index in [1.54, 1.807) is 25.6 Å². The van der Waals surface area contributed by atoms with Crippen molar-refractivity contribution in [3.05, 3.63) is 71.6 Å². The standard InChI is InChI=1S/C25H29N3O3/c1-3-21(29)27-23-19-6-4-5-7-20(19)25(24(23)31-2)12-16-28(17-13-25)22(30)9-8-18-10-14-26-15-11-18/h4-11,14-15,23-24H,3,12-13,16-17H2,1-2H3,(H,27,29). The van der Waals surface area contributed by atoms with E-state index in [-0.39, 0.29) is 29.4 Å². The molecule has 2 aromatic rings. The van der Waals surface area contributed by atoms with E-state index >= 15 is 0 Å². The van der Waals surface area contributed by atoms with E-state index in [2.05, 4.69) is 22.4 Å². The molecule has 1 N–H and O–H groups in total. The summed E-state index contributed by atoms with van der Waals surface area (Å²) in [4.78, 5) is 30.9. The van der Waals surface area contributed by atoms with Crippen molar-refractivity contribution in [2.75, 3.05) is 20.2 Å². The first-order valence-electron chi connectivity index (χ1n) is 10.9. The number of fused-ring (bicyclic) bond motifs is 2. The van der Waals surface area contributed by atoms with Gasteiger partial charge in [-0.1, -0.05) is 31.2 Å². The van der Waals surface area contributed by atoms with E-state index in [0.29, 0.717) is 19.5 Å². The lowest BCUT2D eigenvalue weighted by Crippen LogP contribution is -2.51. The van der Waals surface area contributed by atoms with Crippen LogP contribution in [-0.4, -0.2) is 48.0 Å². The lowest BCUT2D eigenvalue weighted by atomic mass is 9.72. The molecule has 2 atom stereocenters. The summed E-state index contributed by atoms with van der Waals surface area (Å²) in [5.41, 5.74) is 3.12. The highest BCUT2D eigenvalue weighted by molar-refractivity contribution is 5.91. The molecule has 2 heterocycles. The van der Waals surface area contributed by atoms with Crippen molar-refractivity contribution in [1.82, 2.24) is 15.2 Å². The van der Waals surface area contributed by atoms with E-state index < -0.39 is 0 Å². The predicted molar refractivity (Wildman–Crippen MR) is 119 cm³/mol. The first-order valence-corrected chi connectivity index (χ1v) is 10.9. The summed E-state index contributed by atoms with van der Waals surface area (Å²) in [7, 11) is 1.72. The van der Waals surface area contributed by atoms with Crippen molar-refractivity contribution in [3.63, 3.8) is 0 Å². The van der Waals surface area contributed by atoms with Crippen molar-refractivity contribution >= 4 is 17.9 Å². The fourth-order valence-corrected chi connectivity index (χ4v) is 5.08. The zero-order valence-electron chi connectivity index (χ0n) is 18.1. The van der Waals surface area contributed by atoms with Crippen LogP contribution in [0, 0.1) is 0 Å². The zero-order chi connectivity index (χ0) is 21.8. The Hall–Kier alpha value is -2.99. The summed E-state index contributed by atoms with van der Waals surface area (Å²) >= 11 is 0. The third kappa shape index (κ3) is 4.00. The highest BCUT2D eigenvalue weighted by Gasteiger charge is 2.54. The van der Waals surface area contributed by atoms with Crippen LogP contribution in [0.15, 0.2) is 54.9 Å². The Morgan fingerprint density at radius 3 is 2.58 bits per heavy atom. The Bertz CT molecular complexity index is 965. The summed E-state index contributed by atoms with van der Waals surface area (Å²) in [6.45, 7) is 3.17. The third-order valence-electron chi connectivity index (χ3n) is 6.66. The Morgan fingerprint density at radius 1 is 1.19 bits per heavy atom. The average molecular weight is 420 g/mol. The second-order valence-electron chi connectivity index (χ2n) is 8.24. The second kappa shape index (κ2) is 9.02. The van der Waals surface area contributed by atoms with Crippen LogP contribution < -0.4 is 5.32 Å². The maximum atomic E-state index is 12.8. The number of nitrogens with one attached hydrogen (secondary N) is 1. The van der Waals surface area contributed by atoms with Gasteiger partial charge in [0.15, 0.2) is 0 Å². The minimum Gasteiger partial charge on any atom is -0.378 e. The third-order valence-corrected chi connectivity index (χ3v) is 6.66. The maximum Gasteiger partial charge on any atom is 0.246 e. The summed E-state index contributed by atoms with van der Waals surface area (Å²) in [5, 5.41) is 3.17. The predicted octanol–water partition coefficient (Wildman–Crippen LogP) is 3.25. The van der Waals surface area contributed by atoms with E-state index in [1.165, 1.54) is 5.56 Å². The Balaban J connectivity index is 1.53. The molecule has 2 aliphatic rings. The van der Waals surface area contributed by atoms with Crippen molar-refractivity contribution in [3.8, 4) is 0 Å². The molecular formula is C25H29N3O3. The van der Waals surface area contributed by atoms with Gasteiger partial charge in [0.1, 0.15) is 0 Å². The van der Waals surface area contributed by atoms with Crippen molar-refractivity contribution in [2.24, 2.45) is 0 Å². The van der Waals surface area contributed by atoms with Gasteiger partial charge in [0.2, 0.25) is 11.8 Å². The molecule has 0 radical (unpaired) electrons. The molecule has 1 aliphatic carbocycles. The Kier molecular flexibility index (Phi) is 6.18. The number of amides is 2. The molecule has 1 fully saturated rings. The molecule has 0 bridgehead atoms. The van der Waals surface area contributed by atoms with Gasteiger partial charge >= 0.3 is 0 Å². The van der Waals surface area contributed by atoms with Crippen LogP contribution in [0.4, 0.5) is 0 Å². The lowest BCUT2D eigenvalue weighted by Gasteiger charge is -2.43. The molecule has 1 aromatic heterocycles. The molecule has 31 heavy (non-hydrogen) atoms. The number of pyridine rings is 1. The normalized spacial score (nSPS) is 21.9. The number of piperidine rings is 1. The number of hydrogen-bond donors (Lipinski definition) is 1. The largest absolute Gasteiger partial charge is 0.378 e. The fraction of sp³-hybridized carbons (Fsp3) is 0.400. The molecule has 1 aliphatic heterocycles. The molecule has 6 heteroatoms. The highest BCUT2D eigenvalue weighted by Crippen LogP contribution is 2.52. The molecule has 2 amide bonds. The van der Waals surface area contributed by atoms with Gasteiger partial charge < -0.3 is 15.0 Å². The maximum absolute atomic E-state index is 12.8. The summed E-state index contributed by atoms with van der Waals surface area (Å²) in [6, 6.07) is 11.9. The molecule has 162 valence electrons. The van der Waals surface area contributed by atoms with Crippen LogP contribution in [0.3, 0.4) is 0 Å². The quantitative estimate of drug-likeness (QED) is 0.756. The zero-order valence-corrected chi connectivity index (χ0v) is 18.1. The molecule has 2 unspecified atom stereocenters. The van der Waals surface area contributed by atoms with E-state index in [9.17, 15) is 9.59 Å². The number of aromatic nitrogens is 1. The Morgan fingerprint density at radius 2 is 1.90 bits per heavy atom. The molecule has 4 rings (SSSR count). The minimum absolute atomic E-state index is 0.0164. The first-order chi connectivity index (χ1) is 15.1. The van der Waals surface area contributed by atoms with Crippen molar-refractivity contribution in [2.45, 2.75) is 43.7 Å². The Labute approximate surface area is 183 Å². The van der Waals surface area contributed by atoms with E-state index in [4.69, 9.17) is 4.74 Å². The SMILES string of the molecule is CCC(=O)NC1c2ccccc2C2(CCN(C(=O)C=Cc3ccncc3)CC2)C1OC. The summed E-state index contributed by atoms with van der Waals surface area (Å²) in [5.74, 6) is 0.0375. The van der Waals surface area contributed by atoms with E-state index in [0.717, 1.165) is 24.0 Å². The first kappa shape index (κ1) is 21.2. The minimum atomic E-state index is -0.206. The number of ether oxygens (including phenoxy) is 1. The van der Waals surface area contributed by atoms with Gasteiger partial charge in [-0.2, -0.15) is 0 Å². The molecule has 1 aromatic carbocycles. The van der Waals surface area contributed by atoms with Gasteiger partial charge in [0.05, 0.1) is 12.1 Å². The fourth-order valence-electron chi connectivity index (χ4n) is 5.08. The molecular weight excluding hydrogens is 390 g/mol. The van der Waals surface area contributed by atoms with Crippen LogP contribution in [-0.2, 0) is 19.7 Å². The molecule has 0 saturated carbocycles. The smallest absolute Gasteiger partial charge is 0.246 e. The average Bonchev–Trinajstić information content (AvgIpc) is 3.07. The van der Waals surface area contributed by atoms with Gasteiger partial charge in [-0.3, -0.25) is 14.6 Å². The topological polar surface area (TPSA) is 71.5 Å². The number of nitrogens with zero attached hydrogens (tertiary/aromatic N) is 2. The number of rotatable bonds is 5. The van der Waals surface area contributed by atoms with Gasteiger partial charge in [0.25, 0.3) is 0 Å². The molecule has 6 nitrogen and oxygen atoms in total. The van der Waals surface area contributed by atoms with Crippen molar-refractivity contribution < 1.29 is 14.3 Å². The van der Waals surface area contributed by atoms with Gasteiger partial charge in [0, 0.05) is 50.5 Å². The van der Waals surface area contributed by atoms with Crippen LogP contribution in [0.25, 0.3) is 6.08 Å². The summed E-state index contributed by atoms with van der Waals surface area (Å²) in [6.07, 6.45) is 8.78. The van der Waals surface area contributed by atoms with Crippen LogP contribution >= 0.6 is 0 Å². The molecule has 1 saturated heterocycles. The number of carbonyl (C=O) groups is 2. The monoisotopic (exact) mass is 419 g/mol. The lowest BCUT2D eigenvalue weighted by molar-refractivity contribution is -0.128. The number of carbonyl (C=O) groups excluding carboxylic acids is 2. The number of methoxy groups -OCH3 is 1. The van der Waals surface area contributed by atoms with Crippen LogP contribution in [0.2, 0.25) is 0 Å². The second-order valence-corrected chi connectivity index (χ2v) is 8.24. The molecule has 1 spiro atoms. The number of likely N-dealkylation sites (tertiary alicyclic amines) is 1. The number of hydrogen-bond acceptors (Lipinski definition) is 4. The van der Waals surface area contributed by atoms with Crippen molar-refractivity contribution in [1.29, 1.82) is 0 Å². The van der Waals surface area contributed by atoms with Crippen LogP contribution in [0.1, 0.15) is 48.9 Å². The number of benzene rings is 1. The van der Waals surface area contributed by atoms with Gasteiger partial charge in [-0.25, -0.2) is 0 Å². The highest BCUT2D eigenvalue weighted by atomic mass is 16.5. The van der Waals surface area contributed by atoms with E-state index in [1.807, 2.05) is 42.2 Å².